The van der Waals surface area contributed by atoms with Gasteiger partial charge in [0.15, 0.2) is 6.10 Å². The highest BCUT2D eigenvalue weighted by molar-refractivity contribution is 7.18. The van der Waals surface area contributed by atoms with Gasteiger partial charge in [-0.3, -0.25) is 4.79 Å². The smallest absolute Gasteiger partial charge is 0.334 e. The molecule has 7 heteroatoms. The molecule has 2 aromatic rings. The highest BCUT2D eigenvalue weighted by Crippen LogP contribution is 2.23. The fourth-order valence-corrected chi connectivity index (χ4v) is 4.04. The van der Waals surface area contributed by atoms with Crippen LogP contribution in [-0.2, 0) is 20.7 Å². The Morgan fingerprint density at radius 1 is 1.32 bits per heavy atom. The fourth-order valence-electron chi connectivity index (χ4n) is 3.03. The quantitative estimate of drug-likeness (QED) is 0.799. The number of aryl methyl sites for hydroxylation is 1. The molecule has 1 amide bonds. The zero-order valence-corrected chi connectivity index (χ0v) is 15.0. The van der Waals surface area contributed by atoms with Crippen LogP contribution >= 0.6 is 11.3 Å². The number of aromatic nitrogens is 1. The van der Waals surface area contributed by atoms with Crippen LogP contribution in [0.15, 0.2) is 24.3 Å². The van der Waals surface area contributed by atoms with Gasteiger partial charge in [0.2, 0.25) is 5.91 Å². The third-order valence-electron chi connectivity index (χ3n) is 4.26. The lowest BCUT2D eigenvalue weighted by molar-refractivity contribution is -0.166. The van der Waals surface area contributed by atoms with E-state index in [0.29, 0.717) is 13.0 Å². The first-order valence-electron chi connectivity index (χ1n) is 8.53. The zero-order valence-electron chi connectivity index (χ0n) is 14.2. The zero-order chi connectivity index (χ0) is 17.8. The van der Waals surface area contributed by atoms with E-state index in [9.17, 15) is 9.59 Å². The number of hydrogen-bond acceptors (Lipinski definition) is 5. The van der Waals surface area contributed by atoms with Crippen molar-refractivity contribution >= 4 is 33.4 Å². The van der Waals surface area contributed by atoms with Crippen LogP contribution in [0.3, 0.4) is 0 Å². The molecular formula is C18H22N2O4S. The van der Waals surface area contributed by atoms with Crippen molar-refractivity contribution in [2.75, 3.05) is 13.1 Å². The number of unbranched alkanes of at least 4 members (excludes halogenated alkanes) is 1. The fraction of sp³-hybridized carbons (Fsp3) is 0.500. The number of hydrogen-bond donors (Lipinski definition) is 1. The molecule has 3 rings (SSSR count). The maximum Gasteiger partial charge on any atom is 0.334 e. The van der Waals surface area contributed by atoms with Gasteiger partial charge in [-0.05, 0) is 38.3 Å². The normalized spacial score (nSPS) is 20.8. The topological polar surface area (TPSA) is 79.7 Å². The third kappa shape index (κ3) is 4.55. The molecule has 0 spiro atoms. The summed E-state index contributed by atoms with van der Waals surface area (Å²) in [7, 11) is 0. The Bertz CT molecular complexity index is 727. The highest BCUT2D eigenvalue weighted by atomic mass is 32.1. The van der Waals surface area contributed by atoms with Crippen LogP contribution in [0, 0.1) is 0 Å². The summed E-state index contributed by atoms with van der Waals surface area (Å²) in [6.45, 7) is 2.39. The molecule has 25 heavy (non-hydrogen) atoms. The molecule has 0 saturated carbocycles. The van der Waals surface area contributed by atoms with Crippen molar-refractivity contribution in [3.05, 3.63) is 29.3 Å². The monoisotopic (exact) mass is 362 g/mol. The van der Waals surface area contributed by atoms with Gasteiger partial charge in [0.1, 0.15) is 0 Å². The lowest BCUT2D eigenvalue weighted by Crippen LogP contribution is -2.51. The largest absolute Gasteiger partial charge is 0.479 e. The standard InChI is InChI=1S/C18H22N2O4S/c1-12-10-20(11-14(24-12)18(22)23)17(21)9-5-4-8-16-19-13-6-2-3-7-15(13)25-16/h2-3,6-7,12,14H,4-5,8-11H2,1H3,(H,22,23)/t12-,14?/m1/s1. The Hall–Kier alpha value is -1.99. The van der Waals surface area contributed by atoms with Gasteiger partial charge in [-0.1, -0.05) is 12.1 Å². The minimum Gasteiger partial charge on any atom is -0.479 e. The predicted octanol–water partition coefficient (Wildman–Crippen LogP) is 2.71. The van der Waals surface area contributed by atoms with Gasteiger partial charge in [-0.25, -0.2) is 9.78 Å². The van der Waals surface area contributed by atoms with E-state index in [1.165, 1.54) is 4.70 Å². The van der Waals surface area contributed by atoms with E-state index in [-0.39, 0.29) is 18.6 Å². The second-order valence-electron chi connectivity index (χ2n) is 6.35. The second kappa shape index (κ2) is 7.93. The number of fused-ring (bicyclic) bond motifs is 1. The molecule has 1 aliphatic rings. The van der Waals surface area contributed by atoms with Gasteiger partial charge in [-0.2, -0.15) is 0 Å². The Morgan fingerprint density at radius 3 is 2.88 bits per heavy atom. The maximum absolute atomic E-state index is 12.3. The first-order valence-corrected chi connectivity index (χ1v) is 9.35. The molecule has 1 fully saturated rings. The summed E-state index contributed by atoms with van der Waals surface area (Å²) < 4.78 is 6.53. The highest BCUT2D eigenvalue weighted by Gasteiger charge is 2.32. The lowest BCUT2D eigenvalue weighted by Gasteiger charge is -2.35. The molecule has 134 valence electrons. The van der Waals surface area contributed by atoms with Crippen LogP contribution in [0.4, 0.5) is 0 Å². The van der Waals surface area contributed by atoms with Crippen LogP contribution in [0.2, 0.25) is 0 Å². The number of thiazole rings is 1. The van der Waals surface area contributed by atoms with Gasteiger partial charge in [0, 0.05) is 13.0 Å². The number of carbonyl (C=O) groups is 2. The van der Waals surface area contributed by atoms with Crippen LogP contribution < -0.4 is 0 Å². The first-order chi connectivity index (χ1) is 12.0. The van der Waals surface area contributed by atoms with Crippen LogP contribution in [0.1, 0.15) is 31.2 Å². The molecule has 0 radical (unpaired) electrons. The van der Waals surface area contributed by atoms with E-state index in [1.807, 2.05) is 18.2 Å². The average Bonchev–Trinajstić information content (AvgIpc) is 3.00. The summed E-state index contributed by atoms with van der Waals surface area (Å²) in [6, 6.07) is 8.07. The molecule has 1 aromatic heterocycles. The molecular weight excluding hydrogens is 340 g/mol. The van der Waals surface area contributed by atoms with Crippen molar-refractivity contribution < 1.29 is 19.4 Å². The summed E-state index contributed by atoms with van der Waals surface area (Å²) in [5.74, 6) is -1.01. The van der Waals surface area contributed by atoms with E-state index in [1.54, 1.807) is 23.2 Å². The van der Waals surface area contributed by atoms with Crippen molar-refractivity contribution in [3.63, 3.8) is 0 Å². The molecule has 0 bridgehead atoms. The number of para-hydroxylation sites is 1. The molecule has 6 nitrogen and oxygen atoms in total. The van der Waals surface area contributed by atoms with Gasteiger partial charge in [0.25, 0.3) is 0 Å². The minimum absolute atomic E-state index is 0.00528. The number of carboxylic acid groups (broad SMARTS) is 1. The van der Waals surface area contributed by atoms with Crippen LogP contribution in [-0.4, -0.2) is 52.2 Å². The minimum atomic E-state index is -1.01. The molecule has 2 heterocycles. The van der Waals surface area contributed by atoms with Gasteiger partial charge in [-0.15, -0.1) is 11.3 Å². The summed E-state index contributed by atoms with van der Waals surface area (Å²) in [5.41, 5.74) is 1.03. The van der Waals surface area contributed by atoms with Gasteiger partial charge in [0.05, 0.1) is 27.9 Å². The predicted molar refractivity (Wildman–Crippen MR) is 95.7 cm³/mol. The first kappa shape index (κ1) is 17.8. The van der Waals surface area contributed by atoms with E-state index < -0.39 is 12.1 Å². The van der Waals surface area contributed by atoms with Crippen LogP contribution in [0.25, 0.3) is 10.2 Å². The average molecular weight is 362 g/mol. The number of carbonyl (C=O) groups excluding carboxylic acids is 1. The van der Waals surface area contributed by atoms with Gasteiger partial charge < -0.3 is 14.7 Å². The second-order valence-corrected chi connectivity index (χ2v) is 7.47. The molecule has 1 aliphatic heterocycles. The van der Waals surface area contributed by atoms with E-state index >= 15 is 0 Å². The van der Waals surface area contributed by atoms with Crippen LogP contribution in [0.5, 0.6) is 0 Å². The lowest BCUT2D eigenvalue weighted by atomic mass is 10.1. The Labute approximate surface area is 150 Å². The Balaban J connectivity index is 1.45. The van der Waals surface area contributed by atoms with E-state index in [0.717, 1.165) is 29.8 Å². The number of carboxylic acids is 1. The molecule has 1 N–H and O–H groups in total. The van der Waals surface area contributed by atoms with E-state index in [4.69, 9.17) is 9.84 Å². The Morgan fingerprint density at radius 2 is 2.12 bits per heavy atom. The number of aliphatic carboxylic acids is 1. The number of amides is 1. The number of ether oxygens (including phenoxy) is 1. The van der Waals surface area contributed by atoms with Gasteiger partial charge >= 0.3 is 5.97 Å². The van der Waals surface area contributed by atoms with E-state index in [2.05, 4.69) is 11.1 Å². The molecule has 1 aromatic carbocycles. The summed E-state index contributed by atoms with van der Waals surface area (Å²) in [6.07, 6.45) is 1.80. The summed E-state index contributed by atoms with van der Waals surface area (Å²) >= 11 is 1.70. The van der Waals surface area contributed by atoms with Crippen molar-refractivity contribution in [1.29, 1.82) is 0 Å². The van der Waals surface area contributed by atoms with Crippen molar-refractivity contribution in [3.8, 4) is 0 Å². The Kier molecular flexibility index (Phi) is 5.65. The summed E-state index contributed by atoms with van der Waals surface area (Å²) in [5, 5.41) is 10.2. The third-order valence-corrected chi connectivity index (χ3v) is 5.35. The maximum atomic E-state index is 12.3. The van der Waals surface area contributed by atoms with Crippen molar-refractivity contribution in [2.45, 2.75) is 44.8 Å². The molecule has 1 unspecified atom stereocenters. The van der Waals surface area contributed by atoms with Crippen molar-refractivity contribution in [2.24, 2.45) is 0 Å². The SMILES string of the molecule is C[C@@H]1CN(C(=O)CCCCc2nc3ccccc3s2)CC(C(=O)O)O1. The summed E-state index contributed by atoms with van der Waals surface area (Å²) in [4.78, 5) is 29.6. The molecule has 2 atom stereocenters. The number of nitrogens with zero attached hydrogens (tertiary/aromatic N) is 2. The number of rotatable bonds is 6. The number of benzene rings is 1. The molecule has 1 saturated heterocycles. The van der Waals surface area contributed by atoms with Crippen molar-refractivity contribution in [1.82, 2.24) is 9.88 Å². The number of morpholine rings is 1. The molecule has 0 aliphatic carbocycles.